The van der Waals surface area contributed by atoms with E-state index in [9.17, 15) is 0 Å². The molecule has 0 aliphatic rings. The highest BCUT2D eigenvalue weighted by Gasteiger charge is 2.09. The van der Waals surface area contributed by atoms with Gasteiger partial charge in [0.25, 0.3) is 0 Å². The standard InChI is InChI=1S/C15H21ClN4/c1-4-17-10-12-5-6-14(13(16)9-12)20(3)11-15-18-7-8-19(15)2/h5-9,17H,4,10-11H2,1-3H3. The quantitative estimate of drug-likeness (QED) is 0.889. The van der Waals surface area contributed by atoms with Gasteiger partial charge < -0.3 is 14.8 Å². The number of nitrogens with one attached hydrogen (secondary N) is 1. The summed E-state index contributed by atoms with van der Waals surface area (Å²) in [7, 11) is 4.02. The van der Waals surface area contributed by atoms with E-state index in [0.717, 1.165) is 36.2 Å². The third-order valence-corrected chi connectivity index (χ3v) is 3.60. The molecule has 0 aliphatic carbocycles. The highest BCUT2D eigenvalue weighted by molar-refractivity contribution is 6.33. The molecule has 0 amide bonds. The molecule has 5 heteroatoms. The normalized spacial score (nSPS) is 10.8. The lowest BCUT2D eigenvalue weighted by atomic mass is 10.2. The molecule has 0 fully saturated rings. The fourth-order valence-corrected chi connectivity index (χ4v) is 2.43. The van der Waals surface area contributed by atoms with Gasteiger partial charge in [0.2, 0.25) is 0 Å². The van der Waals surface area contributed by atoms with Crippen molar-refractivity contribution in [2.24, 2.45) is 7.05 Å². The van der Waals surface area contributed by atoms with Crippen LogP contribution in [-0.4, -0.2) is 23.1 Å². The number of nitrogens with zero attached hydrogens (tertiary/aromatic N) is 3. The van der Waals surface area contributed by atoms with E-state index in [2.05, 4.69) is 34.3 Å². The van der Waals surface area contributed by atoms with Gasteiger partial charge in [-0.05, 0) is 24.2 Å². The zero-order valence-corrected chi connectivity index (χ0v) is 13.0. The van der Waals surface area contributed by atoms with E-state index in [-0.39, 0.29) is 0 Å². The lowest BCUT2D eigenvalue weighted by Gasteiger charge is -2.21. The second kappa shape index (κ2) is 6.77. The zero-order chi connectivity index (χ0) is 14.5. The van der Waals surface area contributed by atoms with Crippen LogP contribution in [0.25, 0.3) is 0 Å². The Morgan fingerprint density at radius 1 is 1.40 bits per heavy atom. The van der Waals surface area contributed by atoms with Crippen LogP contribution in [0.1, 0.15) is 18.3 Å². The molecule has 0 saturated heterocycles. The Kier molecular flexibility index (Phi) is 5.04. The lowest BCUT2D eigenvalue weighted by Crippen LogP contribution is -2.19. The van der Waals surface area contributed by atoms with Gasteiger partial charge in [-0.25, -0.2) is 4.98 Å². The van der Waals surface area contributed by atoms with Crippen molar-refractivity contribution in [3.8, 4) is 0 Å². The van der Waals surface area contributed by atoms with Crippen molar-refractivity contribution in [2.45, 2.75) is 20.0 Å². The average Bonchev–Trinajstić information content (AvgIpc) is 2.82. The van der Waals surface area contributed by atoms with E-state index < -0.39 is 0 Å². The fourth-order valence-electron chi connectivity index (χ4n) is 2.09. The maximum absolute atomic E-state index is 6.39. The Bertz CT molecular complexity index is 565. The molecular weight excluding hydrogens is 272 g/mol. The van der Waals surface area contributed by atoms with Crippen LogP contribution >= 0.6 is 11.6 Å². The summed E-state index contributed by atoms with van der Waals surface area (Å²) in [5.41, 5.74) is 2.22. The van der Waals surface area contributed by atoms with Crippen LogP contribution in [0.15, 0.2) is 30.6 Å². The number of anilines is 1. The Hall–Kier alpha value is -1.52. The maximum atomic E-state index is 6.39. The maximum Gasteiger partial charge on any atom is 0.127 e. The van der Waals surface area contributed by atoms with Crippen LogP contribution in [0.5, 0.6) is 0 Å². The molecule has 0 saturated carbocycles. The Labute approximate surface area is 125 Å². The minimum atomic E-state index is 0.732. The minimum absolute atomic E-state index is 0.732. The number of imidazole rings is 1. The molecular formula is C15H21ClN4. The molecule has 0 bridgehead atoms. The van der Waals surface area contributed by atoms with Gasteiger partial charge in [0.1, 0.15) is 5.82 Å². The molecule has 4 nitrogen and oxygen atoms in total. The summed E-state index contributed by atoms with van der Waals surface area (Å²) in [6.45, 7) is 4.63. The SMILES string of the molecule is CCNCc1ccc(N(C)Cc2nccn2C)c(Cl)c1. The number of rotatable bonds is 6. The van der Waals surface area contributed by atoms with Gasteiger partial charge in [-0.15, -0.1) is 0 Å². The smallest absolute Gasteiger partial charge is 0.127 e. The van der Waals surface area contributed by atoms with E-state index in [1.165, 1.54) is 5.56 Å². The van der Waals surface area contributed by atoms with Crippen molar-refractivity contribution in [1.29, 1.82) is 0 Å². The minimum Gasteiger partial charge on any atom is -0.366 e. The number of aromatic nitrogens is 2. The first-order valence-corrected chi connectivity index (χ1v) is 7.16. The molecule has 20 heavy (non-hydrogen) atoms. The summed E-state index contributed by atoms with van der Waals surface area (Å²) >= 11 is 6.39. The summed E-state index contributed by atoms with van der Waals surface area (Å²) < 4.78 is 2.02. The summed E-state index contributed by atoms with van der Waals surface area (Å²) in [5.74, 6) is 1.01. The number of hydrogen-bond acceptors (Lipinski definition) is 3. The number of aryl methyl sites for hydroxylation is 1. The fraction of sp³-hybridized carbons (Fsp3) is 0.400. The molecule has 1 aromatic heterocycles. The molecule has 0 radical (unpaired) electrons. The summed E-state index contributed by atoms with van der Waals surface area (Å²) in [4.78, 5) is 6.45. The van der Waals surface area contributed by atoms with Gasteiger partial charge in [-0.2, -0.15) is 0 Å². The van der Waals surface area contributed by atoms with Gasteiger partial charge in [-0.1, -0.05) is 24.6 Å². The Balaban J connectivity index is 2.10. The van der Waals surface area contributed by atoms with Crippen LogP contribution in [0.2, 0.25) is 5.02 Å². The molecule has 1 N–H and O–H groups in total. The summed E-state index contributed by atoms with van der Waals surface area (Å²) in [6.07, 6.45) is 3.76. The van der Waals surface area contributed by atoms with Gasteiger partial charge in [0.05, 0.1) is 17.3 Å². The molecule has 0 atom stereocenters. The predicted octanol–water partition coefficient (Wildman–Crippen LogP) is 2.82. The van der Waals surface area contributed by atoms with Crippen molar-refractivity contribution < 1.29 is 0 Å². The molecule has 1 heterocycles. The summed E-state index contributed by atoms with van der Waals surface area (Å²) in [6, 6.07) is 6.20. The van der Waals surface area contributed by atoms with E-state index >= 15 is 0 Å². The van der Waals surface area contributed by atoms with Gasteiger partial charge in [-0.3, -0.25) is 0 Å². The van der Waals surface area contributed by atoms with Crippen LogP contribution in [-0.2, 0) is 20.1 Å². The number of benzene rings is 1. The third-order valence-electron chi connectivity index (χ3n) is 3.30. The van der Waals surface area contributed by atoms with Crippen molar-refractivity contribution in [3.63, 3.8) is 0 Å². The van der Waals surface area contributed by atoms with Crippen LogP contribution < -0.4 is 10.2 Å². The van der Waals surface area contributed by atoms with E-state index in [1.807, 2.05) is 37.1 Å². The highest BCUT2D eigenvalue weighted by atomic mass is 35.5. The second-order valence-electron chi connectivity index (χ2n) is 4.88. The van der Waals surface area contributed by atoms with Crippen molar-refractivity contribution in [1.82, 2.24) is 14.9 Å². The molecule has 2 aromatic rings. The Morgan fingerprint density at radius 2 is 2.20 bits per heavy atom. The second-order valence-corrected chi connectivity index (χ2v) is 5.28. The van der Waals surface area contributed by atoms with Gasteiger partial charge >= 0.3 is 0 Å². The monoisotopic (exact) mass is 292 g/mol. The summed E-state index contributed by atoms with van der Waals surface area (Å²) in [5, 5.41) is 4.07. The Morgan fingerprint density at radius 3 is 2.80 bits per heavy atom. The first-order chi connectivity index (χ1) is 9.61. The van der Waals surface area contributed by atoms with Crippen LogP contribution in [0, 0.1) is 0 Å². The molecule has 2 rings (SSSR count). The van der Waals surface area contributed by atoms with E-state index in [4.69, 9.17) is 11.6 Å². The molecule has 0 spiro atoms. The largest absolute Gasteiger partial charge is 0.366 e. The first kappa shape index (κ1) is 14.9. The lowest BCUT2D eigenvalue weighted by molar-refractivity contribution is 0.726. The zero-order valence-electron chi connectivity index (χ0n) is 12.2. The predicted molar refractivity (Wildman–Crippen MR) is 84.1 cm³/mol. The molecule has 0 unspecified atom stereocenters. The molecule has 0 aliphatic heterocycles. The van der Waals surface area contributed by atoms with Gasteiger partial charge in [0, 0.05) is 33.0 Å². The number of halogens is 1. The topological polar surface area (TPSA) is 33.1 Å². The highest BCUT2D eigenvalue weighted by Crippen LogP contribution is 2.27. The molecule has 1 aromatic carbocycles. The van der Waals surface area contributed by atoms with Crippen LogP contribution in [0.3, 0.4) is 0 Å². The molecule has 108 valence electrons. The van der Waals surface area contributed by atoms with Crippen molar-refractivity contribution in [2.75, 3.05) is 18.5 Å². The van der Waals surface area contributed by atoms with Crippen molar-refractivity contribution in [3.05, 3.63) is 47.0 Å². The number of hydrogen-bond donors (Lipinski definition) is 1. The van der Waals surface area contributed by atoms with E-state index in [0.29, 0.717) is 0 Å². The third kappa shape index (κ3) is 3.52. The average molecular weight is 293 g/mol. The first-order valence-electron chi connectivity index (χ1n) is 6.78. The van der Waals surface area contributed by atoms with Crippen molar-refractivity contribution >= 4 is 17.3 Å². The van der Waals surface area contributed by atoms with Crippen LogP contribution in [0.4, 0.5) is 5.69 Å². The van der Waals surface area contributed by atoms with Gasteiger partial charge in [0.15, 0.2) is 0 Å². The van der Waals surface area contributed by atoms with E-state index in [1.54, 1.807) is 0 Å².